The molecular formula is C16H24O2. The van der Waals surface area contributed by atoms with Crippen LogP contribution in [0.2, 0.25) is 0 Å². The minimum absolute atomic E-state index is 0.217. The van der Waals surface area contributed by atoms with E-state index in [1.54, 1.807) is 7.11 Å². The number of ether oxygens (including phenoxy) is 1. The Kier molecular flexibility index (Phi) is 4.08. The summed E-state index contributed by atoms with van der Waals surface area (Å²) in [5.41, 5.74) is 3.20. The van der Waals surface area contributed by atoms with Gasteiger partial charge in [0.05, 0.1) is 11.7 Å². The molecule has 2 atom stereocenters. The number of aliphatic hydroxyl groups is 1. The first-order valence-corrected chi connectivity index (χ1v) is 6.83. The highest BCUT2D eigenvalue weighted by Gasteiger charge is 2.34. The molecule has 0 aliphatic heterocycles. The first-order valence-electron chi connectivity index (χ1n) is 6.83. The van der Waals surface area contributed by atoms with E-state index in [0.717, 1.165) is 32.1 Å². The van der Waals surface area contributed by atoms with Crippen LogP contribution in [-0.4, -0.2) is 23.9 Å². The average Bonchev–Trinajstić information content (AvgIpc) is 2.26. The lowest BCUT2D eigenvalue weighted by atomic mass is 9.79. The van der Waals surface area contributed by atoms with Gasteiger partial charge in [0, 0.05) is 20.0 Å². The van der Waals surface area contributed by atoms with Gasteiger partial charge in [-0.05, 0) is 38.7 Å². The van der Waals surface area contributed by atoms with Crippen molar-refractivity contribution in [2.75, 3.05) is 7.11 Å². The lowest BCUT2D eigenvalue weighted by Crippen LogP contribution is -2.40. The first kappa shape index (κ1) is 13.6. The molecule has 100 valence electrons. The van der Waals surface area contributed by atoms with Crippen molar-refractivity contribution in [3.8, 4) is 0 Å². The minimum atomic E-state index is -0.584. The molecule has 0 amide bonds. The van der Waals surface area contributed by atoms with Gasteiger partial charge in [-0.1, -0.05) is 29.3 Å². The fourth-order valence-electron chi connectivity index (χ4n) is 3.20. The Morgan fingerprint density at radius 1 is 1.28 bits per heavy atom. The van der Waals surface area contributed by atoms with Crippen LogP contribution in [0.1, 0.15) is 42.4 Å². The third-order valence-electron chi connectivity index (χ3n) is 3.92. The molecule has 1 aromatic carbocycles. The number of hydrogen-bond acceptors (Lipinski definition) is 2. The average molecular weight is 248 g/mol. The van der Waals surface area contributed by atoms with Gasteiger partial charge < -0.3 is 9.84 Å². The standard InChI is InChI=1S/C16H24O2/c1-12-7-13(2)9-14(8-12)10-16(17)6-4-5-15(11-16)18-3/h7-9,15,17H,4-6,10-11H2,1-3H3. The van der Waals surface area contributed by atoms with Crippen molar-refractivity contribution in [1.29, 1.82) is 0 Å². The molecule has 0 spiro atoms. The normalized spacial score (nSPS) is 28.3. The van der Waals surface area contributed by atoms with Crippen LogP contribution in [0.15, 0.2) is 18.2 Å². The molecular weight excluding hydrogens is 224 g/mol. The SMILES string of the molecule is COC1CCCC(O)(Cc2cc(C)cc(C)c2)C1. The van der Waals surface area contributed by atoms with Gasteiger partial charge in [0.15, 0.2) is 0 Å². The van der Waals surface area contributed by atoms with Crippen LogP contribution in [0.3, 0.4) is 0 Å². The smallest absolute Gasteiger partial charge is 0.0712 e. The Hall–Kier alpha value is -0.860. The van der Waals surface area contributed by atoms with E-state index in [2.05, 4.69) is 32.0 Å². The van der Waals surface area contributed by atoms with Crippen molar-refractivity contribution < 1.29 is 9.84 Å². The van der Waals surface area contributed by atoms with Crippen molar-refractivity contribution in [2.45, 2.75) is 57.7 Å². The van der Waals surface area contributed by atoms with Gasteiger partial charge in [-0.2, -0.15) is 0 Å². The van der Waals surface area contributed by atoms with E-state index < -0.39 is 5.60 Å². The van der Waals surface area contributed by atoms with Crippen LogP contribution >= 0.6 is 0 Å². The van der Waals surface area contributed by atoms with E-state index in [4.69, 9.17) is 4.74 Å². The zero-order chi connectivity index (χ0) is 13.2. The summed E-state index contributed by atoms with van der Waals surface area (Å²) in [5, 5.41) is 10.7. The molecule has 0 saturated heterocycles. The van der Waals surface area contributed by atoms with Gasteiger partial charge in [-0.15, -0.1) is 0 Å². The number of hydrogen-bond donors (Lipinski definition) is 1. The highest BCUT2D eigenvalue weighted by Crippen LogP contribution is 2.33. The molecule has 1 aliphatic rings. The number of aryl methyl sites for hydroxylation is 2. The molecule has 1 N–H and O–H groups in total. The summed E-state index contributed by atoms with van der Waals surface area (Å²) in [5.74, 6) is 0. The van der Waals surface area contributed by atoms with Crippen LogP contribution in [0.5, 0.6) is 0 Å². The summed E-state index contributed by atoms with van der Waals surface area (Å²) in [6.07, 6.45) is 4.74. The fourth-order valence-corrected chi connectivity index (χ4v) is 3.20. The van der Waals surface area contributed by atoms with Crippen molar-refractivity contribution in [3.63, 3.8) is 0 Å². The molecule has 0 heterocycles. The fraction of sp³-hybridized carbons (Fsp3) is 0.625. The summed E-state index contributed by atoms with van der Waals surface area (Å²) in [4.78, 5) is 0. The monoisotopic (exact) mass is 248 g/mol. The summed E-state index contributed by atoms with van der Waals surface area (Å²) in [6.45, 7) is 4.22. The van der Waals surface area contributed by atoms with E-state index in [0.29, 0.717) is 0 Å². The maximum atomic E-state index is 10.7. The Balaban J connectivity index is 2.11. The van der Waals surface area contributed by atoms with Gasteiger partial charge in [0.25, 0.3) is 0 Å². The summed E-state index contributed by atoms with van der Waals surface area (Å²) in [6, 6.07) is 6.54. The summed E-state index contributed by atoms with van der Waals surface area (Å²) >= 11 is 0. The van der Waals surface area contributed by atoms with E-state index in [9.17, 15) is 5.11 Å². The number of methoxy groups -OCH3 is 1. The maximum Gasteiger partial charge on any atom is 0.0712 e. The van der Waals surface area contributed by atoms with Crippen LogP contribution < -0.4 is 0 Å². The quantitative estimate of drug-likeness (QED) is 0.890. The van der Waals surface area contributed by atoms with Crippen molar-refractivity contribution in [3.05, 3.63) is 34.9 Å². The van der Waals surface area contributed by atoms with Gasteiger partial charge >= 0.3 is 0 Å². The molecule has 1 aromatic rings. The van der Waals surface area contributed by atoms with Crippen molar-refractivity contribution >= 4 is 0 Å². The van der Waals surface area contributed by atoms with Crippen LogP contribution in [0.4, 0.5) is 0 Å². The first-order chi connectivity index (χ1) is 8.50. The zero-order valence-electron chi connectivity index (χ0n) is 11.7. The molecule has 2 nitrogen and oxygen atoms in total. The highest BCUT2D eigenvalue weighted by molar-refractivity contribution is 5.29. The molecule has 2 unspecified atom stereocenters. The van der Waals surface area contributed by atoms with Gasteiger partial charge in [-0.25, -0.2) is 0 Å². The molecule has 0 aromatic heterocycles. The van der Waals surface area contributed by atoms with E-state index in [1.807, 2.05) is 0 Å². The summed E-state index contributed by atoms with van der Waals surface area (Å²) < 4.78 is 5.41. The van der Waals surface area contributed by atoms with Crippen LogP contribution in [0, 0.1) is 13.8 Å². The van der Waals surface area contributed by atoms with Gasteiger partial charge in [0.2, 0.25) is 0 Å². The lowest BCUT2D eigenvalue weighted by Gasteiger charge is -2.36. The molecule has 0 bridgehead atoms. The van der Waals surface area contributed by atoms with E-state index >= 15 is 0 Å². The molecule has 18 heavy (non-hydrogen) atoms. The van der Waals surface area contributed by atoms with E-state index in [1.165, 1.54) is 16.7 Å². The Morgan fingerprint density at radius 2 is 1.94 bits per heavy atom. The van der Waals surface area contributed by atoms with Crippen LogP contribution in [0.25, 0.3) is 0 Å². The Morgan fingerprint density at radius 3 is 2.56 bits per heavy atom. The predicted octanol–water partition coefficient (Wildman–Crippen LogP) is 3.17. The molecule has 1 fully saturated rings. The molecule has 1 saturated carbocycles. The zero-order valence-corrected chi connectivity index (χ0v) is 11.7. The maximum absolute atomic E-state index is 10.7. The third kappa shape index (κ3) is 3.33. The number of benzene rings is 1. The molecule has 1 aliphatic carbocycles. The van der Waals surface area contributed by atoms with E-state index in [-0.39, 0.29) is 6.10 Å². The minimum Gasteiger partial charge on any atom is -0.389 e. The predicted molar refractivity (Wildman–Crippen MR) is 73.8 cm³/mol. The lowest BCUT2D eigenvalue weighted by molar-refractivity contribution is -0.0581. The van der Waals surface area contributed by atoms with Crippen molar-refractivity contribution in [2.24, 2.45) is 0 Å². The third-order valence-corrected chi connectivity index (χ3v) is 3.92. The number of rotatable bonds is 3. The van der Waals surface area contributed by atoms with Gasteiger partial charge in [0.1, 0.15) is 0 Å². The second-order valence-corrected chi connectivity index (χ2v) is 5.85. The Bertz CT molecular complexity index is 393. The molecule has 2 rings (SSSR count). The largest absolute Gasteiger partial charge is 0.389 e. The molecule has 0 radical (unpaired) electrons. The molecule has 2 heteroatoms. The topological polar surface area (TPSA) is 29.5 Å². The Labute approximate surface area is 110 Å². The van der Waals surface area contributed by atoms with Crippen LogP contribution in [-0.2, 0) is 11.2 Å². The van der Waals surface area contributed by atoms with Crippen molar-refractivity contribution in [1.82, 2.24) is 0 Å². The van der Waals surface area contributed by atoms with Gasteiger partial charge in [-0.3, -0.25) is 0 Å². The summed E-state index contributed by atoms with van der Waals surface area (Å²) in [7, 11) is 1.74. The second kappa shape index (κ2) is 5.41. The highest BCUT2D eigenvalue weighted by atomic mass is 16.5. The second-order valence-electron chi connectivity index (χ2n) is 5.85.